The predicted octanol–water partition coefficient (Wildman–Crippen LogP) is 3.31. The van der Waals surface area contributed by atoms with Crippen molar-refractivity contribution >= 4 is 26.9 Å². The van der Waals surface area contributed by atoms with Gasteiger partial charge in [-0.25, -0.2) is 17.5 Å². The number of anilines is 1. The van der Waals surface area contributed by atoms with Gasteiger partial charge in [-0.1, -0.05) is 45.0 Å². The highest BCUT2D eigenvalue weighted by Gasteiger charge is 2.26. The molecular formula is C19H20N2O4S. The van der Waals surface area contributed by atoms with Crippen molar-refractivity contribution in [2.24, 2.45) is 0 Å². The minimum Gasteiger partial charge on any atom is -0.388 e. The summed E-state index contributed by atoms with van der Waals surface area (Å²) >= 11 is 0. The maximum absolute atomic E-state index is 12.9. The zero-order valence-corrected chi connectivity index (χ0v) is 15.9. The first kappa shape index (κ1) is 18.1. The molecule has 0 unspecified atom stereocenters. The van der Waals surface area contributed by atoms with Gasteiger partial charge in [0.1, 0.15) is 0 Å². The van der Waals surface area contributed by atoms with Gasteiger partial charge in [0, 0.05) is 7.05 Å². The molecule has 0 aliphatic rings. The molecule has 0 fully saturated rings. The third-order valence-corrected chi connectivity index (χ3v) is 5.92. The lowest BCUT2D eigenvalue weighted by Gasteiger charge is -2.20. The summed E-state index contributed by atoms with van der Waals surface area (Å²) in [6.45, 7) is 6.16. The smallest absolute Gasteiger partial charge is 0.348 e. The summed E-state index contributed by atoms with van der Waals surface area (Å²) in [5.74, 6) is 0. The second kappa shape index (κ2) is 6.25. The highest BCUT2D eigenvalue weighted by molar-refractivity contribution is 7.92. The van der Waals surface area contributed by atoms with E-state index in [1.165, 1.54) is 7.05 Å². The van der Waals surface area contributed by atoms with Crippen molar-refractivity contribution in [3.05, 3.63) is 64.5 Å². The zero-order valence-electron chi connectivity index (χ0n) is 15.1. The van der Waals surface area contributed by atoms with Gasteiger partial charge in [-0.3, -0.25) is 0 Å². The number of hydrogen-bond acceptors (Lipinski definition) is 5. The second-order valence-corrected chi connectivity index (χ2v) is 9.02. The Kier molecular flexibility index (Phi) is 4.36. The molecule has 0 saturated heterocycles. The number of benzene rings is 2. The number of nitrogens with zero attached hydrogens (tertiary/aromatic N) is 2. The van der Waals surface area contributed by atoms with Crippen LogP contribution in [-0.2, 0) is 15.4 Å². The maximum atomic E-state index is 12.9. The molecule has 1 aromatic heterocycles. The van der Waals surface area contributed by atoms with E-state index < -0.39 is 15.6 Å². The van der Waals surface area contributed by atoms with E-state index >= 15 is 0 Å². The van der Waals surface area contributed by atoms with E-state index in [0.29, 0.717) is 10.9 Å². The first-order valence-electron chi connectivity index (χ1n) is 8.10. The number of fused-ring (bicyclic) bond motifs is 1. The van der Waals surface area contributed by atoms with Gasteiger partial charge in [0.15, 0.2) is 0 Å². The minimum absolute atomic E-state index is 0.0825. The van der Waals surface area contributed by atoms with E-state index in [9.17, 15) is 13.2 Å². The standard InChI is InChI=1S/C19H20N2O4S/c1-19(2,3)13-9-11-14(12-10-13)26(23,24)21(4)18-20-16-8-6-5-7-15(16)17(22)25-18/h5-12H,1-4H3. The Morgan fingerprint density at radius 3 is 2.23 bits per heavy atom. The topological polar surface area (TPSA) is 80.5 Å². The number of sulfonamides is 1. The van der Waals surface area contributed by atoms with E-state index in [-0.39, 0.29) is 16.3 Å². The van der Waals surface area contributed by atoms with Gasteiger partial charge >= 0.3 is 11.6 Å². The Balaban J connectivity index is 2.03. The SMILES string of the molecule is CN(c1nc2ccccc2c(=O)o1)S(=O)(=O)c1ccc(C(C)(C)C)cc1. The Hall–Kier alpha value is -2.67. The van der Waals surface area contributed by atoms with Crippen LogP contribution in [0.2, 0.25) is 0 Å². The van der Waals surface area contributed by atoms with E-state index in [2.05, 4.69) is 25.8 Å². The lowest BCUT2D eigenvalue weighted by atomic mass is 9.87. The van der Waals surface area contributed by atoms with Crippen LogP contribution >= 0.6 is 0 Å². The third kappa shape index (κ3) is 3.22. The number of hydrogen-bond donors (Lipinski definition) is 0. The molecule has 136 valence electrons. The van der Waals surface area contributed by atoms with E-state index in [0.717, 1.165) is 9.87 Å². The molecule has 2 aromatic carbocycles. The Morgan fingerprint density at radius 1 is 1.00 bits per heavy atom. The predicted molar refractivity (Wildman–Crippen MR) is 101 cm³/mol. The summed E-state index contributed by atoms with van der Waals surface area (Å²) in [6, 6.07) is 13.0. The van der Waals surface area contributed by atoms with Gasteiger partial charge in [-0.2, -0.15) is 4.98 Å². The fraction of sp³-hybridized carbons (Fsp3) is 0.263. The molecule has 0 aliphatic heterocycles. The normalized spacial score (nSPS) is 12.3. The van der Waals surface area contributed by atoms with Gasteiger partial charge in [0.05, 0.1) is 15.8 Å². The molecule has 3 rings (SSSR count). The minimum atomic E-state index is -3.90. The summed E-state index contributed by atoms with van der Waals surface area (Å²) < 4.78 is 31.7. The molecule has 0 bridgehead atoms. The van der Waals surface area contributed by atoms with Crippen LogP contribution in [0.3, 0.4) is 0 Å². The van der Waals surface area contributed by atoms with Gasteiger partial charge < -0.3 is 4.42 Å². The molecular weight excluding hydrogens is 352 g/mol. The van der Waals surface area contributed by atoms with Crippen molar-refractivity contribution in [3.8, 4) is 0 Å². The van der Waals surface area contributed by atoms with Crippen molar-refractivity contribution in [2.45, 2.75) is 31.1 Å². The summed E-state index contributed by atoms with van der Waals surface area (Å²) in [6.07, 6.45) is 0. The average Bonchev–Trinajstić information content (AvgIpc) is 2.60. The fourth-order valence-electron chi connectivity index (χ4n) is 2.53. The van der Waals surface area contributed by atoms with Gasteiger partial charge in [0.25, 0.3) is 10.0 Å². The van der Waals surface area contributed by atoms with Crippen LogP contribution in [0.1, 0.15) is 26.3 Å². The van der Waals surface area contributed by atoms with Crippen LogP contribution in [0, 0.1) is 0 Å². The van der Waals surface area contributed by atoms with Gasteiger partial charge in [0.2, 0.25) is 0 Å². The van der Waals surface area contributed by atoms with E-state index in [1.54, 1.807) is 48.5 Å². The first-order valence-corrected chi connectivity index (χ1v) is 9.54. The van der Waals surface area contributed by atoms with Crippen molar-refractivity contribution in [1.82, 2.24) is 4.98 Å². The van der Waals surface area contributed by atoms with Crippen molar-refractivity contribution < 1.29 is 12.8 Å². The number of rotatable bonds is 3. The van der Waals surface area contributed by atoms with Gasteiger partial charge in [-0.05, 0) is 35.2 Å². The molecule has 0 radical (unpaired) electrons. The molecule has 0 saturated carbocycles. The molecule has 3 aromatic rings. The molecule has 0 amide bonds. The van der Waals surface area contributed by atoms with E-state index in [4.69, 9.17) is 4.42 Å². The Labute approximate surface area is 152 Å². The average molecular weight is 372 g/mol. The highest BCUT2D eigenvalue weighted by atomic mass is 32.2. The molecule has 0 N–H and O–H groups in total. The molecule has 0 spiro atoms. The monoisotopic (exact) mass is 372 g/mol. The summed E-state index contributed by atoms with van der Waals surface area (Å²) in [4.78, 5) is 16.4. The molecule has 1 heterocycles. The van der Waals surface area contributed by atoms with Crippen molar-refractivity contribution in [3.63, 3.8) is 0 Å². The molecule has 0 aliphatic carbocycles. The second-order valence-electron chi connectivity index (χ2n) is 7.05. The fourth-order valence-corrected chi connectivity index (χ4v) is 3.61. The van der Waals surface area contributed by atoms with Crippen LogP contribution in [0.15, 0.2) is 62.6 Å². The zero-order chi connectivity index (χ0) is 19.1. The number of para-hydroxylation sites is 1. The van der Waals surface area contributed by atoms with Crippen molar-refractivity contribution in [2.75, 3.05) is 11.4 Å². The quantitative estimate of drug-likeness (QED) is 0.705. The van der Waals surface area contributed by atoms with Crippen molar-refractivity contribution in [1.29, 1.82) is 0 Å². The van der Waals surface area contributed by atoms with Crippen LogP contribution in [0.25, 0.3) is 10.9 Å². The lowest BCUT2D eigenvalue weighted by molar-refractivity contribution is 0.505. The Bertz CT molecular complexity index is 1110. The largest absolute Gasteiger partial charge is 0.388 e. The lowest BCUT2D eigenvalue weighted by Crippen LogP contribution is -2.28. The third-order valence-electron chi connectivity index (χ3n) is 4.17. The molecule has 6 nitrogen and oxygen atoms in total. The number of aromatic nitrogens is 1. The van der Waals surface area contributed by atoms with Crippen LogP contribution < -0.4 is 9.93 Å². The van der Waals surface area contributed by atoms with E-state index in [1.807, 2.05) is 0 Å². The van der Waals surface area contributed by atoms with Gasteiger partial charge in [-0.15, -0.1) is 0 Å². The molecule has 26 heavy (non-hydrogen) atoms. The van der Waals surface area contributed by atoms with Crippen LogP contribution in [0.4, 0.5) is 6.01 Å². The highest BCUT2D eigenvalue weighted by Crippen LogP contribution is 2.26. The Morgan fingerprint density at radius 2 is 1.62 bits per heavy atom. The maximum Gasteiger partial charge on any atom is 0.348 e. The first-order chi connectivity index (χ1) is 12.1. The molecule has 7 heteroatoms. The molecule has 0 atom stereocenters. The summed E-state index contributed by atoms with van der Waals surface area (Å²) in [5.41, 5.74) is 0.690. The van der Waals surface area contributed by atoms with Crippen LogP contribution in [0.5, 0.6) is 0 Å². The summed E-state index contributed by atoms with van der Waals surface area (Å²) in [7, 11) is -2.59. The van der Waals surface area contributed by atoms with Crippen LogP contribution in [-0.4, -0.2) is 20.4 Å². The summed E-state index contributed by atoms with van der Waals surface area (Å²) in [5, 5.41) is 0.302.